The molecule has 0 spiro atoms. The number of aliphatic hydroxyl groups is 1. The zero-order valence-electron chi connectivity index (χ0n) is 19.5. The summed E-state index contributed by atoms with van der Waals surface area (Å²) in [5.74, 6) is 0.119. The molecule has 1 aromatic heterocycles. The minimum atomic E-state index is -5.73. The fraction of sp³-hybridized carbons (Fsp3) is 0.333. The number of rotatable bonds is 12. The molecule has 0 aromatic carbocycles. The molecule has 215 valence electrons. The van der Waals surface area contributed by atoms with Gasteiger partial charge in [-0.15, -0.1) is 0 Å². The molecule has 5 radical (unpaired) electrons. The summed E-state index contributed by atoms with van der Waals surface area (Å²) in [6.45, 7) is -0.876. The van der Waals surface area contributed by atoms with E-state index in [0.29, 0.717) is 5.92 Å². The number of hydrogen-bond donors (Lipinski definition) is 7. The first-order valence-electron chi connectivity index (χ1n) is 10.7. The largest absolute Gasteiger partial charge is 0.490 e. The van der Waals surface area contributed by atoms with Gasteiger partial charge in [-0.2, -0.15) is 8.62 Å². The van der Waals surface area contributed by atoms with Crippen molar-refractivity contribution in [2.24, 2.45) is 0 Å². The summed E-state index contributed by atoms with van der Waals surface area (Å²) >= 11 is 0. The highest BCUT2D eigenvalue weighted by molar-refractivity contribution is 7.66. The van der Waals surface area contributed by atoms with E-state index in [4.69, 9.17) is 14.5 Å². The Balaban J connectivity index is 1.60. The molecule has 2 fully saturated rings. The fourth-order valence-electron chi connectivity index (χ4n) is 3.31. The Kier molecular flexibility index (Phi) is 10.4. The fourth-order valence-corrected chi connectivity index (χ4v) is 6.34. The van der Waals surface area contributed by atoms with Crippen LogP contribution in [0.4, 0.5) is 0 Å². The lowest BCUT2D eigenvalue weighted by Gasteiger charge is -2.19. The highest BCUT2D eigenvalue weighted by Crippen LogP contribution is 2.66. The van der Waals surface area contributed by atoms with Gasteiger partial charge in [0.2, 0.25) is 5.91 Å². The van der Waals surface area contributed by atoms with Gasteiger partial charge in [0, 0.05) is 19.2 Å². The summed E-state index contributed by atoms with van der Waals surface area (Å²) in [6, 6.07) is 0. The highest BCUT2D eigenvalue weighted by atomic mass is 31.3. The van der Waals surface area contributed by atoms with E-state index in [9.17, 15) is 43.0 Å². The highest BCUT2D eigenvalue weighted by Gasteiger charge is 2.43. The maximum absolute atomic E-state index is 12.3. The van der Waals surface area contributed by atoms with Crippen molar-refractivity contribution < 1.29 is 61.1 Å². The van der Waals surface area contributed by atoms with Crippen LogP contribution in [0.2, 0.25) is 0 Å². The van der Waals surface area contributed by atoms with Crippen molar-refractivity contribution in [1.29, 1.82) is 0 Å². The van der Waals surface area contributed by atoms with Crippen LogP contribution in [0.25, 0.3) is 6.08 Å². The number of H-pyrrole nitrogens is 1. The number of phosphoric ester groups is 1. The Hall–Kier alpha value is -1.78. The average molecular weight is 614 g/mol. The molecule has 0 bridgehead atoms. The molecule has 1 aromatic rings. The quantitative estimate of drug-likeness (QED) is 0.140. The van der Waals surface area contributed by atoms with Crippen LogP contribution in [0.3, 0.4) is 0 Å². The molecular weight excluding hydrogens is 591 g/mol. The van der Waals surface area contributed by atoms with Crippen LogP contribution in [0.1, 0.15) is 18.2 Å². The molecule has 7 N–H and O–H groups in total. The first kappa shape index (κ1) is 31.7. The van der Waals surface area contributed by atoms with Gasteiger partial charge in [0.05, 0.1) is 24.2 Å². The minimum absolute atomic E-state index is 0.00744. The smallest absolute Gasteiger partial charge is 0.390 e. The first-order chi connectivity index (χ1) is 18.1. The van der Waals surface area contributed by atoms with Gasteiger partial charge in [-0.3, -0.25) is 23.7 Å². The third-order valence-electron chi connectivity index (χ3n) is 4.93. The Morgan fingerprint density at radius 3 is 2.44 bits per heavy atom. The van der Waals surface area contributed by atoms with Crippen molar-refractivity contribution in [3.05, 3.63) is 70.3 Å². The first-order valence-corrected chi connectivity index (χ1v) is 15.2. The Morgan fingerprint density at radius 1 is 1.13 bits per heavy atom. The molecule has 2 heterocycles. The summed E-state index contributed by atoms with van der Waals surface area (Å²) < 4.78 is 52.0. The van der Waals surface area contributed by atoms with E-state index >= 15 is 0 Å². The number of nitrogens with zero attached hydrogens (tertiary/aromatic N) is 1. The van der Waals surface area contributed by atoms with Gasteiger partial charge in [0.1, 0.15) is 12.3 Å². The van der Waals surface area contributed by atoms with Crippen molar-refractivity contribution in [1.82, 2.24) is 14.9 Å². The van der Waals surface area contributed by atoms with Crippen molar-refractivity contribution in [3.63, 3.8) is 0 Å². The predicted molar refractivity (Wildman–Crippen MR) is 128 cm³/mol. The summed E-state index contributed by atoms with van der Waals surface area (Å²) in [5.41, 5.74) is -1.67. The number of hydrogen-bond acceptors (Lipinski definition) is 11. The van der Waals surface area contributed by atoms with Crippen LogP contribution >= 0.6 is 23.5 Å². The second-order valence-corrected chi connectivity index (χ2v) is 12.3. The molecule has 5 atom stereocenters. The lowest BCUT2D eigenvalue weighted by molar-refractivity contribution is -0.118. The van der Waals surface area contributed by atoms with Gasteiger partial charge >= 0.3 is 29.2 Å². The number of carbonyl (C=O) groups excluding carboxylic acids is 1. The van der Waals surface area contributed by atoms with Crippen LogP contribution in [0, 0.1) is 31.6 Å². The van der Waals surface area contributed by atoms with Crippen molar-refractivity contribution >= 4 is 35.5 Å². The zero-order chi connectivity index (χ0) is 29.0. The number of ether oxygens (including phenoxy) is 1. The molecule has 1 aliphatic heterocycles. The number of nitrogens with one attached hydrogen (secondary N) is 2. The van der Waals surface area contributed by atoms with E-state index < -0.39 is 59.8 Å². The summed E-state index contributed by atoms with van der Waals surface area (Å²) in [7, 11) is -16.8. The van der Waals surface area contributed by atoms with Gasteiger partial charge in [0.15, 0.2) is 0 Å². The lowest BCUT2D eigenvalue weighted by Crippen LogP contribution is -2.33. The van der Waals surface area contributed by atoms with E-state index in [1.54, 1.807) is 25.7 Å². The Bertz CT molecular complexity index is 1330. The third kappa shape index (κ3) is 9.67. The molecule has 1 amide bonds. The summed E-state index contributed by atoms with van der Waals surface area (Å²) in [4.78, 5) is 74.3. The number of amides is 1. The maximum Gasteiger partial charge on any atom is 0.490 e. The summed E-state index contributed by atoms with van der Waals surface area (Å²) in [6.07, 6.45) is 6.31. The van der Waals surface area contributed by atoms with E-state index in [1.165, 1.54) is 12.2 Å². The predicted octanol–water partition coefficient (Wildman–Crippen LogP) is -0.937. The third-order valence-corrected chi connectivity index (χ3v) is 8.73. The van der Waals surface area contributed by atoms with Crippen LogP contribution < -0.4 is 16.6 Å². The normalized spacial score (nSPS) is 25.5. The molecule has 21 heteroatoms. The second-order valence-electron chi connectivity index (χ2n) is 7.86. The van der Waals surface area contributed by atoms with Crippen LogP contribution in [-0.2, 0) is 36.4 Å². The molecule has 3 rings (SSSR count). The van der Waals surface area contributed by atoms with Crippen LogP contribution in [0.5, 0.6) is 0 Å². The van der Waals surface area contributed by atoms with Crippen molar-refractivity contribution in [2.45, 2.75) is 24.9 Å². The molecule has 1 saturated carbocycles. The van der Waals surface area contributed by atoms with E-state index in [1.807, 2.05) is 0 Å². The minimum Gasteiger partial charge on any atom is -0.390 e. The number of aliphatic hydroxyl groups excluding tert-OH is 1. The van der Waals surface area contributed by atoms with E-state index in [2.05, 4.69) is 23.4 Å². The molecule has 2 unspecified atom stereocenters. The van der Waals surface area contributed by atoms with Crippen molar-refractivity contribution in [2.75, 3.05) is 13.2 Å². The lowest BCUT2D eigenvalue weighted by atomic mass is 10.1. The molecule has 18 nitrogen and oxygen atoms in total. The SMILES string of the molecule is O=C(NC/C=C/c1cn([C@H]2C[C@H](O)[C@@H](COP(=O)(O)OP(=O)(O)OP(=O)(O)O)O2)c(=O)[nH]c1=O)[C]1[CH][CH][CH][CH]1. The molecule has 1 saturated heterocycles. The Morgan fingerprint density at radius 2 is 1.79 bits per heavy atom. The number of carbonyl (C=O) groups is 1. The van der Waals surface area contributed by atoms with Gasteiger partial charge in [-0.1, -0.05) is 12.2 Å². The Labute approximate surface area is 220 Å². The topological polar surface area (TPSA) is 273 Å². The monoisotopic (exact) mass is 614 g/mol. The zero-order valence-corrected chi connectivity index (χ0v) is 22.2. The second kappa shape index (κ2) is 12.8. The summed E-state index contributed by atoms with van der Waals surface area (Å²) in [5, 5.41) is 12.8. The van der Waals surface area contributed by atoms with Gasteiger partial charge in [0.25, 0.3) is 5.56 Å². The van der Waals surface area contributed by atoms with Gasteiger partial charge in [-0.25, -0.2) is 18.5 Å². The van der Waals surface area contributed by atoms with Crippen LogP contribution in [-0.4, -0.2) is 65.5 Å². The number of phosphoric acid groups is 3. The van der Waals surface area contributed by atoms with Crippen LogP contribution in [0.15, 0.2) is 21.9 Å². The van der Waals surface area contributed by atoms with Gasteiger partial charge < -0.3 is 34.7 Å². The average Bonchev–Trinajstić information content (AvgIpc) is 3.44. The molecule has 1 aliphatic carbocycles. The van der Waals surface area contributed by atoms with E-state index in [0.717, 1.165) is 10.8 Å². The number of aromatic nitrogens is 2. The van der Waals surface area contributed by atoms with Crippen molar-refractivity contribution in [3.8, 4) is 0 Å². The van der Waals surface area contributed by atoms with Gasteiger partial charge in [-0.05, 0) is 25.7 Å². The maximum atomic E-state index is 12.3. The number of aromatic amines is 1. The molecule has 39 heavy (non-hydrogen) atoms. The van der Waals surface area contributed by atoms with E-state index in [-0.39, 0.29) is 24.4 Å². The molecular formula is C18H23N3O15P3. The molecule has 2 aliphatic rings. The standard InChI is InChI=1S/C18H23N3O15P3/c22-13-8-15(34-14(13)10-33-38(29,30)36-39(31,32)35-37(26,27)28)21-9-12(17(24)20-18(21)25)6-3-7-19-16(23)11-4-1-2-5-11/h1-6,9,13-15,22H,7-8,10H2,(H,19,23)(H,29,30)(H,31,32)(H,20,24,25)(H2,26,27,28)/b6-3+/t13-,14+,15+/m0/s1.